The number of carbonyl (C=O) groups is 4. The Morgan fingerprint density at radius 3 is 2.00 bits per heavy atom. The third-order valence-corrected chi connectivity index (χ3v) is 2.79. The summed E-state index contributed by atoms with van der Waals surface area (Å²) in [4.78, 5) is 47.3. The Kier molecular flexibility index (Phi) is 5.13. The van der Waals surface area contributed by atoms with Crippen LogP contribution in [0.1, 0.15) is 40.5 Å². The van der Waals surface area contributed by atoms with Crippen molar-refractivity contribution in [3.05, 3.63) is 0 Å². The molecule has 1 heterocycles. The van der Waals surface area contributed by atoms with Crippen molar-refractivity contribution in [1.82, 2.24) is 10.0 Å². The minimum absolute atomic E-state index is 0.135. The van der Waals surface area contributed by atoms with E-state index in [4.69, 9.17) is 4.74 Å². The fraction of sp³-hybridized carbons (Fsp3) is 0.692. The van der Waals surface area contributed by atoms with Crippen LogP contribution < -0.4 is 0 Å². The smallest absolute Gasteiger partial charge is 0.430 e. The molecule has 0 aromatic rings. The number of carboxylic acids is 1. The van der Waals surface area contributed by atoms with Gasteiger partial charge in [-0.05, 0) is 27.7 Å². The second kappa shape index (κ2) is 6.30. The van der Waals surface area contributed by atoms with E-state index in [2.05, 4.69) is 0 Å². The van der Waals surface area contributed by atoms with Crippen molar-refractivity contribution in [1.29, 1.82) is 0 Å². The molecule has 22 heavy (non-hydrogen) atoms. The summed E-state index contributed by atoms with van der Waals surface area (Å²) in [6.45, 7) is 5.79. The molecule has 0 aliphatic carbocycles. The number of aliphatic hydroxyl groups is 1. The fourth-order valence-corrected chi connectivity index (χ4v) is 1.95. The van der Waals surface area contributed by atoms with Crippen LogP contribution in [-0.4, -0.2) is 61.9 Å². The first-order chi connectivity index (χ1) is 9.95. The number of carbonyl (C=O) groups excluding carboxylic acids is 3. The molecular weight excluding hydrogens is 296 g/mol. The maximum absolute atomic E-state index is 12.3. The number of rotatable bonds is 4. The molecule has 0 unspecified atom stereocenters. The number of imide groups is 1. The normalized spacial score (nSPS) is 18.1. The van der Waals surface area contributed by atoms with E-state index in [0.29, 0.717) is 10.0 Å². The van der Waals surface area contributed by atoms with Gasteiger partial charge in [0, 0.05) is 12.8 Å². The Morgan fingerprint density at radius 2 is 1.68 bits per heavy atom. The lowest BCUT2D eigenvalue weighted by molar-refractivity contribution is -0.171. The standard InChI is InChI=1S/C13H20N2O7/c1-7(16)10(11(19)20)15(12(21)22-13(2,3)4)14-8(17)5-6-9(14)18/h7,10,16H,5-6H2,1-4H3,(H,19,20)/t7-,10+/m1/s1. The Balaban J connectivity index is 3.25. The number of aliphatic hydroxyl groups excluding tert-OH is 1. The Morgan fingerprint density at radius 1 is 1.23 bits per heavy atom. The molecule has 124 valence electrons. The largest absolute Gasteiger partial charge is 0.480 e. The SMILES string of the molecule is C[C@@H](O)[C@@H](C(=O)O)N(C(=O)OC(C)(C)C)N1C(=O)CCC1=O. The zero-order chi connectivity index (χ0) is 17.2. The number of aliphatic carboxylic acids is 1. The summed E-state index contributed by atoms with van der Waals surface area (Å²) in [6, 6.07) is -1.82. The van der Waals surface area contributed by atoms with Crippen molar-refractivity contribution in [2.45, 2.75) is 58.3 Å². The molecule has 9 heteroatoms. The molecular formula is C13H20N2O7. The lowest BCUT2D eigenvalue weighted by Gasteiger charge is -2.36. The first-order valence-corrected chi connectivity index (χ1v) is 6.74. The third kappa shape index (κ3) is 3.94. The summed E-state index contributed by atoms with van der Waals surface area (Å²) in [6.07, 6.45) is -2.98. The Bertz CT molecular complexity index is 479. The van der Waals surface area contributed by atoms with Gasteiger partial charge in [0.15, 0.2) is 6.04 Å². The molecule has 1 aliphatic heterocycles. The van der Waals surface area contributed by atoms with Gasteiger partial charge in [-0.2, -0.15) is 10.0 Å². The molecule has 2 atom stereocenters. The van der Waals surface area contributed by atoms with E-state index in [1.54, 1.807) is 20.8 Å². The molecule has 9 nitrogen and oxygen atoms in total. The van der Waals surface area contributed by atoms with Crippen LogP contribution in [-0.2, 0) is 19.1 Å². The van der Waals surface area contributed by atoms with Crippen LogP contribution in [0.15, 0.2) is 0 Å². The Hall–Kier alpha value is -2.16. The summed E-state index contributed by atoms with van der Waals surface area (Å²) in [7, 11) is 0. The second-order valence-electron chi connectivity index (χ2n) is 5.95. The maximum atomic E-state index is 12.3. The fourth-order valence-electron chi connectivity index (χ4n) is 1.95. The summed E-state index contributed by atoms with van der Waals surface area (Å²) < 4.78 is 5.06. The molecule has 0 aromatic heterocycles. The summed E-state index contributed by atoms with van der Waals surface area (Å²) >= 11 is 0. The van der Waals surface area contributed by atoms with Gasteiger partial charge >= 0.3 is 12.1 Å². The van der Waals surface area contributed by atoms with Crippen molar-refractivity contribution in [3.63, 3.8) is 0 Å². The van der Waals surface area contributed by atoms with Crippen LogP contribution in [0, 0.1) is 0 Å². The highest BCUT2D eigenvalue weighted by molar-refractivity contribution is 6.03. The van der Waals surface area contributed by atoms with E-state index in [0.717, 1.165) is 6.92 Å². The van der Waals surface area contributed by atoms with E-state index in [-0.39, 0.29) is 12.8 Å². The highest BCUT2D eigenvalue weighted by atomic mass is 16.6. The molecule has 0 bridgehead atoms. The molecule has 0 saturated carbocycles. The highest BCUT2D eigenvalue weighted by Gasteiger charge is 2.46. The lowest BCUT2D eigenvalue weighted by atomic mass is 10.1. The summed E-state index contributed by atoms with van der Waals surface area (Å²) in [5.74, 6) is -3.00. The quantitative estimate of drug-likeness (QED) is 0.706. The number of carboxylic acid groups (broad SMARTS) is 1. The zero-order valence-electron chi connectivity index (χ0n) is 12.9. The molecule has 1 fully saturated rings. The van der Waals surface area contributed by atoms with Gasteiger partial charge in [0.25, 0.3) is 0 Å². The van der Waals surface area contributed by atoms with E-state index in [9.17, 15) is 29.4 Å². The number of ether oxygens (including phenoxy) is 1. The Labute approximate surface area is 127 Å². The van der Waals surface area contributed by atoms with Gasteiger partial charge in [-0.25, -0.2) is 9.59 Å². The van der Waals surface area contributed by atoms with E-state index >= 15 is 0 Å². The number of hydrogen-bond donors (Lipinski definition) is 2. The minimum Gasteiger partial charge on any atom is -0.480 e. The molecule has 0 radical (unpaired) electrons. The first-order valence-electron chi connectivity index (χ1n) is 6.74. The third-order valence-electron chi connectivity index (χ3n) is 2.79. The molecule has 1 aliphatic rings. The zero-order valence-corrected chi connectivity index (χ0v) is 12.9. The highest BCUT2D eigenvalue weighted by Crippen LogP contribution is 2.22. The van der Waals surface area contributed by atoms with Gasteiger partial charge in [0.05, 0.1) is 6.10 Å². The van der Waals surface area contributed by atoms with Gasteiger partial charge in [0.1, 0.15) is 5.60 Å². The molecule has 1 saturated heterocycles. The van der Waals surface area contributed by atoms with Crippen molar-refractivity contribution in [2.75, 3.05) is 0 Å². The summed E-state index contributed by atoms with van der Waals surface area (Å²) in [5.41, 5.74) is -0.969. The lowest BCUT2D eigenvalue weighted by Crippen LogP contribution is -2.61. The molecule has 1 rings (SSSR count). The van der Waals surface area contributed by atoms with Crippen LogP contribution in [0.4, 0.5) is 4.79 Å². The minimum atomic E-state index is -1.82. The molecule has 0 spiro atoms. The van der Waals surface area contributed by atoms with Crippen molar-refractivity contribution in [2.24, 2.45) is 0 Å². The van der Waals surface area contributed by atoms with Crippen molar-refractivity contribution >= 4 is 23.9 Å². The number of hydrazine groups is 1. The van der Waals surface area contributed by atoms with Gasteiger partial charge in [-0.15, -0.1) is 0 Å². The first kappa shape index (κ1) is 17.9. The molecule has 2 N–H and O–H groups in total. The average molecular weight is 316 g/mol. The van der Waals surface area contributed by atoms with Gasteiger partial charge < -0.3 is 14.9 Å². The van der Waals surface area contributed by atoms with E-state index < -0.39 is 41.6 Å². The molecule has 0 aromatic carbocycles. The predicted molar refractivity (Wildman–Crippen MR) is 72.3 cm³/mol. The summed E-state index contributed by atoms with van der Waals surface area (Å²) in [5, 5.41) is 19.7. The van der Waals surface area contributed by atoms with Crippen molar-refractivity contribution < 1.29 is 34.1 Å². The average Bonchev–Trinajstić information content (AvgIpc) is 2.62. The molecule has 3 amide bonds. The van der Waals surface area contributed by atoms with Crippen LogP contribution in [0.2, 0.25) is 0 Å². The number of nitrogens with zero attached hydrogens (tertiary/aromatic N) is 2. The van der Waals surface area contributed by atoms with E-state index in [1.807, 2.05) is 0 Å². The van der Waals surface area contributed by atoms with Gasteiger partial charge in [-0.1, -0.05) is 0 Å². The number of amides is 3. The topological polar surface area (TPSA) is 124 Å². The van der Waals surface area contributed by atoms with Crippen LogP contribution in [0.25, 0.3) is 0 Å². The van der Waals surface area contributed by atoms with Crippen LogP contribution in [0.3, 0.4) is 0 Å². The predicted octanol–water partition coefficient (Wildman–Crippen LogP) is 0.121. The number of hydrogen-bond acceptors (Lipinski definition) is 6. The van der Waals surface area contributed by atoms with Gasteiger partial charge in [-0.3, -0.25) is 9.59 Å². The van der Waals surface area contributed by atoms with Crippen molar-refractivity contribution in [3.8, 4) is 0 Å². The van der Waals surface area contributed by atoms with Gasteiger partial charge in [0.2, 0.25) is 11.8 Å². The van der Waals surface area contributed by atoms with Crippen LogP contribution in [0.5, 0.6) is 0 Å². The monoisotopic (exact) mass is 316 g/mol. The van der Waals surface area contributed by atoms with Crippen LogP contribution >= 0.6 is 0 Å². The maximum Gasteiger partial charge on any atom is 0.430 e. The second-order valence-corrected chi connectivity index (χ2v) is 5.95. The van der Waals surface area contributed by atoms with E-state index in [1.165, 1.54) is 0 Å².